The third-order valence-corrected chi connectivity index (χ3v) is 3.47. The Balaban J connectivity index is 1.77. The van der Waals surface area contributed by atoms with Crippen molar-refractivity contribution in [2.24, 2.45) is 0 Å². The van der Waals surface area contributed by atoms with Crippen LogP contribution in [0.15, 0.2) is 65.1 Å². The minimum atomic E-state index is -0.466. The molecular formula is C18H14N2O4. The van der Waals surface area contributed by atoms with Gasteiger partial charge in [0.05, 0.1) is 4.92 Å². The van der Waals surface area contributed by atoms with Crippen LogP contribution in [0.1, 0.15) is 16.1 Å². The topological polar surface area (TPSA) is 85.4 Å². The number of hydrogen-bond donors (Lipinski definition) is 1. The maximum atomic E-state index is 12.2. The Labute approximate surface area is 137 Å². The molecule has 0 unspecified atom stereocenters. The number of nitro groups is 1. The minimum Gasteiger partial charge on any atom is -0.451 e. The molecule has 0 aliphatic rings. The van der Waals surface area contributed by atoms with Gasteiger partial charge in [-0.2, -0.15) is 0 Å². The molecule has 120 valence electrons. The van der Waals surface area contributed by atoms with Gasteiger partial charge in [0, 0.05) is 23.4 Å². The predicted octanol–water partition coefficient (Wildman–Crippen LogP) is 4.42. The van der Waals surface area contributed by atoms with E-state index < -0.39 is 4.92 Å². The van der Waals surface area contributed by atoms with E-state index in [1.165, 1.54) is 12.1 Å². The Kier molecular flexibility index (Phi) is 4.11. The van der Waals surface area contributed by atoms with Gasteiger partial charge < -0.3 is 9.73 Å². The van der Waals surface area contributed by atoms with Gasteiger partial charge in [0.15, 0.2) is 5.76 Å². The fourth-order valence-corrected chi connectivity index (χ4v) is 2.28. The van der Waals surface area contributed by atoms with E-state index in [2.05, 4.69) is 5.32 Å². The fraction of sp³-hybridized carbons (Fsp3) is 0.0556. The molecule has 2 aromatic carbocycles. The van der Waals surface area contributed by atoms with Crippen LogP contribution >= 0.6 is 0 Å². The lowest BCUT2D eigenvalue weighted by Gasteiger charge is -2.04. The second kappa shape index (κ2) is 6.37. The Morgan fingerprint density at radius 1 is 1.08 bits per heavy atom. The lowest BCUT2D eigenvalue weighted by Crippen LogP contribution is -2.10. The van der Waals surface area contributed by atoms with Gasteiger partial charge in [-0.3, -0.25) is 14.9 Å². The van der Waals surface area contributed by atoms with E-state index in [0.29, 0.717) is 17.0 Å². The molecular weight excluding hydrogens is 308 g/mol. The van der Waals surface area contributed by atoms with Gasteiger partial charge >= 0.3 is 0 Å². The number of anilines is 1. The van der Waals surface area contributed by atoms with E-state index in [9.17, 15) is 14.9 Å². The molecule has 0 spiro atoms. The molecule has 3 rings (SSSR count). The summed E-state index contributed by atoms with van der Waals surface area (Å²) in [7, 11) is 0. The second-order valence-electron chi connectivity index (χ2n) is 5.29. The average molecular weight is 322 g/mol. The van der Waals surface area contributed by atoms with Gasteiger partial charge in [0.25, 0.3) is 11.6 Å². The van der Waals surface area contributed by atoms with Gasteiger partial charge in [-0.1, -0.05) is 12.1 Å². The van der Waals surface area contributed by atoms with E-state index in [0.717, 1.165) is 5.56 Å². The van der Waals surface area contributed by atoms with Crippen molar-refractivity contribution in [1.29, 1.82) is 0 Å². The first-order chi connectivity index (χ1) is 11.5. The Morgan fingerprint density at radius 3 is 2.50 bits per heavy atom. The maximum absolute atomic E-state index is 12.2. The van der Waals surface area contributed by atoms with Gasteiger partial charge in [0.2, 0.25) is 0 Å². The van der Waals surface area contributed by atoms with E-state index in [4.69, 9.17) is 4.42 Å². The molecule has 1 aromatic heterocycles. The first-order valence-corrected chi connectivity index (χ1v) is 7.25. The van der Waals surface area contributed by atoms with Gasteiger partial charge in [0.1, 0.15) is 5.76 Å². The van der Waals surface area contributed by atoms with Crippen molar-refractivity contribution in [3.05, 3.63) is 82.1 Å². The maximum Gasteiger partial charge on any atom is 0.291 e. The van der Waals surface area contributed by atoms with Crippen LogP contribution in [0, 0.1) is 17.0 Å². The molecule has 0 radical (unpaired) electrons. The van der Waals surface area contributed by atoms with Crippen molar-refractivity contribution in [3.8, 4) is 11.3 Å². The van der Waals surface area contributed by atoms with Crippen molar-refractivity contribution in [3.63, 3.8) is 0 Å². The highest BCUT2D eigenvalue weighted by atomic mass is 16.6. The van der Waals surface area contributed by atoms with E-state index in [-0.39, 0.29) is 17.4 Å². The minimum absolute atomic E-state index is 0.00252. The predicted molar refractivity (Wildman–Crippen MR) is 89.9 cm³/mol. The van der Waals surface area contributed by atoms with E-state index in [1.807, 2.05) is 25.1 Å². The molecule has 0 saturated carbocycles. The van der Waals surface area contributed by atoms with Crippen LogP contribution in [0.4, 0.5) is 11.4 Å². The molecule has 6 heteroatoms. The zero-order valence-electron chi connectivity index (χ0n) is 12.9. The summed E-state index contributed by atoms with van der Waals surface area (Å²) in [5.74, 6) is 0.290. The zero-order valence-corrected chi connectivity index (χ0v) is 12.9. The summed E-state index contributed by atoms with van der Waals surface area (Å²) in [6.07, 6.45) is 0. The third kappa shape index (κ3) is 3.33. The molecule has 0 bridgehead atoms. The van der Waals surface area contributed by atoms with Crippen molar-refractivity contribution < 1.29 is 14.1 Å². The number of aryl methyl sites for hydroxylation is 1. The van der Waals surface area contributed by atoms with Crippen LogP contribution in [0.25, 0.3) is 11.3 Å². The van der Waals surface area contributed by atoms with Crippen molar-refractivity contribution in [2.45, 2.75) is 6.92 Å². The lowest BCUT2D eigenvalue weighted by atomic mass is 10.1. The summed E-state index contributed by atoms with van der Waals surface area (Å²) in [5, 5.41) is 13.4. The number of non-ortho nitro benzene ring substituents is 1. The second-order valence-corrected chi connectivity index (χ2v) is 5.29. The summed E-state index contributed by atoms with van der Waals surface area (Å²) >= 11 is 0. The monoisotopic (exact) mass is 322 g/mol. The highest BCUT2D eigenvalue weighted by Gasteiger charge is 2.13. The smallest absolute Gasteiger partial charge is 0.291 e. The van der Waals surface area contributed by atoms with Gasteiger partial charge in [-0.15, -0.1) is 0 Å². The molecule has 0 saturated heterocycles. The summed E-state index contributed by atoms with van der Waals surface area (Å²) in [4.78, 5) is 22.4. The number of nitrogens with zero attached hydrogens (tertiary/aromatic N) is 1. The summed E-state index contributed by atoms with van der Waals surface area (Å²) < 4.78 is 5.55. The Morgan fingerprint density at radius 2 is 1.83 bits per heavy atom. The van der Waals surface area contributed by atoms with E-state index in [1.54, 1.807) is 30.3 Å². The van der Waals surface area contributed by atoms with E-state index >= 15 is 0 Å². The van der Waals surface area contributed by atoms with Crippen LogP contribution in [-0.4, -0.2) is 10.8 Å². The van der Waals surface area contributed by atoms with Gasteiger partial charge in [-0.25, -0.2) is 0 Å². The summed E-state index contributed by atoms with van der Waals surface area (Å²) in [5.41, 5.74) is 2.39. The van der Waals surface area contributed by atoms with Crippen molar-refractivity contribution in [1.82, 2.24) is 0 Å². The van der Waals surface area contributed by atoms with Crippen molar-refractivity contribution in [2.75, 3.05) is 5.32 Å². The van der Waals surface area contributed by atoms with Crippen molar-refractivity contribution >= 4 is 17.3 Å². The molecule has 0 fully saturated rings. The number of furan rings is 1. The van der Waals surface area contributed by atoms with Crippen LogP contribution in [0.3, 0.4) is 0 Å². The standard InChI is InChI=1S/C18H14N2O4/c1-12-3-2-4-14(11-12)19-18(21)17-10-9-16(24-17)13-5-7-15(8-6-13)20(22)23/h2-11H,1H3,(H,19,21). The van der Waals surface area contributed by atoms with Crippen LogP contribution in [0.5, 0.6) is 0 Å². The molecule has 0 aliphatic heterocycles. The highest BCUT2D eigenvalue weighted by molar-refractivity contribution is 6.02. The largest absolute Gasteiger partial charge is 0.451 e. The number of carbonyl (C=O) groups is 1. The molecule has 6 nitrogen and oxygen atoms in total. The first kappa shape index (κ1) is 15.5. The first-order valence-electron chi connectivity index (χ1n) is 7.25. The molecule has 1 heterocycles. The van der Waals surface area contributed by atoms with Crippen LogP contribution in [0.2, 0.25) is 0 Å². The number of nitrogens with one attached hydrogen (secondary N) is 1. The number of rotatable bonds is 4. The number of benzene rings is 2. The van der Waals surface area contributed by atoms with Crippen LogP contribution in [-0.2, 0) is 0 Å². The summed E-state index contributed by atoms with van der Waals surface area (Å²) in [6.45, 7) is 1.94. The fourth-order valence-electron chi connectivity index (χ4n) is 2.28. The lowest BCUT2D eigenvalue weighted by molar-refractivity contribution is -0.384. The Hall–Kier alpha value is -3.41. The molecule has 24 heavy (non-hydrogen) atoms. The number of hydrogen-bond acceptors (Lipinski definition) is 4. The quantitative estimate of drug-likeness (QED) is 0.569. The number of carbonyl (C=O) groups excluding carboxylic acids is 1. The SMILES string of the molecule is Cc1cccc(NC(=O)c2ccc(-c3ccc([N+](=O)[O-])cc3)o2)c1. The average Bonchev–Trinajstić information content (AvgIpc) is 3.05. The zero-order chi connectivity index (χ0) is 17.1. The number of nitro benzene ring substituents is 1. The van der Waals surface area contributed by atoms with Crippen LogP contribution < -0.4 is 5.32 Å². The molecule has 0 atom stereocenters. The molecule has 3 aromatic rings. The summed E-state index contributed by atoms with van der Waals surface area (Å²) in [6, 6.07) is 16.6. The number of amides is 1. The molecule has 0 aliphatic carbocycles. The molecule has 1 amide bonds. The third-order valence-electron chi connectivity index (χ3n) is 3.47. The normalized spacial score (nSPS) is 10.4. The highest BCUT2D eigenvalue weighted by Crippen LogP contribution is 2.25. The van der Waals surface area contributed by atoms with Gasteiger partial charge in [-0.05, 0) is 48.9 Å². The molecule has 1 N–H and O–H groups in total. The Bertz CT molecular complexity index is 897.